The lowest BCUT2D eigenvalue weighted by Crippen LogP contribution is -2.43. The molecule has 5 rings (SSSR count). The lowest BCUT2D eigenvalue weighted by Gasteiger charge is -2.29. The Morgan fingerprint density at radius 1 is 1.15 bits per heavy atom. The summed E-state index contributed by atoms with van der Waals surface area (Å²) >= 11 is 8.12. The summed E-state index contributed by atoms with van der Waals surface area (Å²) < 4.78 is 6.87. The number of benzene rings is 2. The Morgan fingerprint density at radius 3 is 2.74 bits per heavy atom. The maximum atomic E-state index is 13.0. The van der Waals surface area contributed by atoms with Crippen molar-refractivity contribution in [3.05, 3.63) is 77.2 Å². The van der Waals surface area contributed by atoms with Gasteiger partial charge in [0.25, 0.3) is 5.91 Å². The number of carbonyl (C=O) groups excluding carboxylic acids is 2. The largest absolute Gasteiger partial charge is 0.437 e. The van der Waals surface area contributed by atoms with Crippen LogP contribution >= 0.6 is 22.9 Å². The van der Waals surface area contributed by atoms with Crippen LogP contribution in [-0.4, -0.2) is 52.9 Å². The Kier molecular flexibility index (Phi) is 8.06. The number of piperidine rings is 1. The number of likely N-dealkylation sites (tertiary alicyclic amines) is 1. The first-order chi connectivity index (χ1) is 18.9. The molecular formula is C28H27ClN6O3S. The van der Waals surface area contributed by atoms with Crippen LogP contribution in [0.15, 0.2) is 66.6 Å². The number of hydrogen-bond donors (Lipinski definition) is 3. The minimum atomic E-state index is -0.319. The SMILES string of the molecule is C=CC(=O)Nc1cccc(Oc2nc(Nc3cccc(C(=O)NC4CCN(C)CC4)c3Cl)nc3ccsc23)c1. The van der Waals surface area contributed by atoms with E-state index in [2.05, 4.69) is 44.4 Å². The van der Waals surface area contributed by atoms with Crippen LogP contribution < -0.4 is 20.7 Å². The molecule has 0 unspecified atom stereocenters. The molecule has 0 atom stereocenters. The Hall–Kier alpha value is -3.99. The van der Waals surface area contributed by atoms with Crippen molar-refractivity contribution in [1.82, 2.24) is 20.2 Å². The molecule has 3 heterocycles. The van der Waals surface area contributed by atoms with Crippen molar-refractivity contribution in [2.24, 2.45) is 0 Å². The molecule has 0 spiro atoms. The van der Waals surface area contributed by atoms with Crippen LogP contribution in [0.1, 0.15) is 23.2 Å². The van der Waals surface area contributed by atoms with E-state index >= 15 is 0 Å². The number of amides is 2. The number of ether oxygens (including phenoxy) is 1. The average Bonchev–Trinajstić information content (AvgIpc) is 3.40. The minimum absolute atomic E-state index is 0.119. The summed E-state index contributed by atoms with van der Waals surface area (Å²) in [6, 6.07) is 14.2. The number of nitrogens with one attached hydrogen (secondary N) is 3. The summed E-state index contributed by atoms with van der Waals surface area (Å²) in [6.45, 7) is 5.36. The first-order valence-corrected chi connectivity index (χ1v) is 13.7. The van der Waals surface area contributed by atoms with Gasteiger partial charge in [0.05, 0.1) is 21.8 Å². The van der Waals surface area contributed by atoms with Gasteiger partial charge in [-0.1, -0.05) is 30.3 Å². The number of nitrogens with zero attached hydrogens (tertiary/aromatic N) is 3. The molecule has 1 aliphatic heterocycles. The highest BCUT2D eigenvalue weighted by Gasteiger charge is 2.21. The maximum absolute atomic E-state index is 13.0. The van der Waals surface area contributed by atoms with Gasteiger partial charge in [-0.15, -0.1) is 11.3 Å². The number of halogens is 1. The van der Waals surface area contributed by atoms with Crippen molar-refractivity contribution in [2.75, 3.05) is 30.8 Å². The van der Waals surface area contributed by atoms with Crippen LogP contribution in [-0.2, 0) is 4.79 Å². The maximum Gasteiger partial charge on any atom is 0.253 e. The third-order valence-corrected chi connectivity index (χ3v) is 7.62. The predicted molar refractivity (Wildman–Crippen MR) is 155 cm³/mol. The van der Waals surface area contributed by atoms with Crippen LogP contribution in [0.4, 0.5) is 17.3 Å². The number of anilines is 3. The lowest BCUT2D eigenvalue weighted by atomic mass is 10.0. The average molecular weight is 563 g/mol. The molecule has 11 heteroatoms. The molecule has 0 saturated carbocycles. The van der Waals surface area contributed by atoms with E-state index in [9.17, 15) is 9.59 Å². The summed E-state index contributed by atoms with van der Waals surface area (Å²) in [5.41, 5.74) is 2.14. The van der Waals surface area contributed by atoms with E-state index < -0.39 is 0 Å². The smallest absolute Gasteiger partial charge is 0.253 e. The van der Waals surface area contributed by atoms with Gasteiger partial charge < -0.3 is 25.6 Å². The molecule has 3 N–H and O–H groups in total. The molecule has 2 aromatic heterocycles. The van der Waals surface area contributed by atoms with Gasteiger partial charge in [0.1, 0.15) is 10.4 Å². The second-order valence-electron chi connectivity index (χ2n) is 9.15. The number of aromatic nitrogens is 2. The number of thiophene rings is 1. The van der Waals surface area contributed by atoms with Crippen LogP contribution in [0.25, 0.3) is 10.2 Å². The summed E-state index contributed by atoms with van der Waals surface area (Å²) in [7, 11) is 2.08. The lowest BCUT2D eigenvalue weighted by molar-refractivity contribution is -0.111. The van der Waals surface area contributed by atoms with E-state index in [1.807, 2.05) is 11.4 Å². The Balaban J connectivity index is 1.37. The van der Waals surface area contributed by atoms with E-state index in [1.165, 1.54) is 17.4 Å². The van der Waals surface area contributed by atoms with Crippen LogP contribution in [0.3, 0.4) is 0 Å². The molecular weight excluding hydrogens is 536 g/mol. The Morgan fingerprint density at radius 2 is 1.95 bits per heavy atom. The Labute approximate surface area is 234 Å². The van der Waals surface area contributed by atoms with Gasteiger partial charge in [-0.3, -0.25) is 9.59 Å². The molecule has 0 radical (unpaired) electrons. The van der Waals surface area contributed by atoms with Gasteiger partial charge in [0.2, 0.25) is 17.7 Å². The molecule has 39 heavy (non-hydrogen) atoms. The molecule has 9 nitrogen and oxygen atoms in total. The van der Waals surface area contributed by atoms with Crippen molar-refractivity contribution in [1.29, 1.82) is 0 Å². The number of rotatable bonds is 8. The van der Waals surface area contributed by atoms with E-state index in [0.717, 1.165) is 30.6 Å². The highest BCUT2D eigenvalue weighted by molar-refractivity contribution is 7.17. The molecule has 0 bridgehead atoms. The monoisotopic (exact) mass is 562 g/mol. The van der Waals surface area contributed by atoms with Gasteiger partial charge in [0.15, 0.2) is 0 Å². The molecule has 0 aliphatic carbocycles. The summed E-state index contributed by atoms with van der Waals surface area (Å²) in [4.78, 5) is 36.1. The number of hydrogen-bond acceptors (Lipinski definition) is 8. The highest BCUT2D eigenvalue weighted by Crippen LogP contribution is 2.35. The minimum Gasteiger partial charge on any atom is -0.437 e. The van der Waals surface area contributed by atoms with E-state index in [-0.39, 0.29) is 28.8 Å². The number of fused-ring (bicyclic) bond motifs is 1. The molecule has 4 aromatic rings. The van der Waals surface area contributed by atoms with Gasteiger partial charge in [-0.05, 0) is 74.8 Å². The molecule has 1 aliphatic rings. The summed E-state index contributed by atoms with van der Waals surface area (Å²) in [5, 5.41) is 11.1. The fourth-order valence-corrected chi connectivity index (χ4v) is 5.26. The highest BCUT2D eigenvalue weighted by atomic mass is 35.5. The second kappa shape index (κ2) is 11.8. The predicted octanol–water partition coefficient (Wildman–Crippen LogP) is 5.83. The molecule has 1 fully saturated rings. The fraction of sp³-hybridized carbons (Fsp3) is 0.214. The molecule has 2 aromatic carbocycles. The second-order valence-corrected chi connectivity index (χ2v) is 10.4. The zero-order valence-electron chi connectivity index (χ0n) is 21.2. The zero-order valence-corrected chi connectivity index (χ0v) is 22.8. The first kappa shape index (κ1) is 26.6. The fourth-order valence-electron chi connectivity index (χ4n) is 4.24. The molecule has 200 valence electrons. The Bertz CT molecular complexity index is 1530. The van der Waals surface area contributed by atoms with Crippen molar-refractivity contribution >= 4 is 62.3 Å². The summed E-state index contributed by atoms with van der Waals surface area (Å²) in [5.74, 6) is 0.570. The third-order valence-electron chi connectivity index (χ3n) is 6.32. The van der Waals surface area contributed by atoms with E-state index in [1.54, 1.807) is 42.5 Å². The molecule has 2 amide bonds. The van der Waals surface area contributed by atoms with Gasteiger partial charge >= 0.3 is 0 Å². The molecule has 1 saturated heterocycles. The number of carbonyl (C=O) groups is 2. The van der Waals surface area contributed by atoms with E-state index in [4.69, 9.17) is 16.3 Å². The van der Waals surface area contributed by atoms with Crippen LogP contribution in [0.5, 0.6) is 11.6 Å². The normalized spacial score (nSPS) is 14.1. The van der Waals surface area contributed by atoms with Gasteiger partial charge in [0, 0.05) is 17.8 Å². The van der Waals surface area contributed by atoms with Crippen molar-refractivity contribution in [3.8, 4) is 11.6 Å². The summed E-state index contributed by atoms with van der Waals surface area (Å²) in [6.07, 6.45) is 3.00. The van der Waals surface area contributed by atoms with Gasteiger partial charge in [-0.2, -0.15) is 4.98 Å². The van der Waals surface area contributed by atoms with Crippen LogP contribution in [0.2, 0.25) is 5.02 Å². The topological polar surface area (TPSA) is 108 Å². The quantitative estimate of drug-likeness (QED) is 0.232. The van der Waals surface area contributed by atoms with Crippen LogP contribution in [0, 0.1) is 0 Å². The van der Waals surface area contributed by atoms with Gasteiger partial charge in [-0.25, -0.2) is 4.98 Å². The first-order valence-electron chi connectivity index (χ1n) is 12.4. The van der Waals surface area contributed by atoms with Crippen molar-refractivity contribution < 1.29 is 14.3 Å². The standard InChI is InChI=1S/C28H27ClN6O3S/c1-3-23(36)30-18-6-4-7-19(16-18)38-27-25-22(12-15-39-25)33-28(34-27)32-21-9-5-8-20(24(21)29)26(37)31-17-10-13-35(2)14-11-17/h3-9,12,15-17H,1,10-11,13-14H2,2H3,(H,30,36)(H,31,37)(H,32,33,34). The third kappa shape index (κ3) is 6.36. The zero-order chi connectivity index (χ0) is 27.4. The van der Waals surface area contributed by atoms with Crippen molar-refractivity contribution in [3.63, 3.8) is 0 Å². The van der Waals surface area contributed by atoms with E-state index in [0.29, 0.717) is 34.1 Å². The van der Waals surface area contributed by atoms with Crippen molar-refractivity contribution in [2.45, 2.75) is 18.9 Å².